The Morgan fingerprint density at radius 2 is 2.26 bits per heavy atom. The summed E-state index contributed by atoms with van der Waals surface area (Å²) in [5.41, 5.74) is -0.532. The number of carbonyl (C=O) groups is 1. The van der Waals surface area contributed by atoms with Crippen LogP contribution < -0.4 is 5.32 Å². The van der Waals surface area contributed by atoms with Crippen LogP contribution >= 0.6 is 15.9 Å². The number of halogens is 1. The monoisotopic (exact) mass is 325 g/mol. The van der Waals surface area contributed by atoms with Gasteiger partial charge in [-0.05, 0) is 46.8 Å². The van der Waals surface area contributed by atoms with Crippen molar-refractivity contribution in [1.29, 1.82) is 0 Å². The maximum Gasteiger partial charge on any atom is 0.239 e. The number of likely N-dealkylation sites (tertiary alicyclic amines) is 1. The number of amides is 1. The molecule has 2 N–H and O–H groups in total. The fourth-order valence-corrected chi connectivity index (χ4v) is 2.79. The molecule has 0 atom stereocenters. The first-order valence-corrected chi connectivity index (χ1v) is 7.21. The third kappa shape index (κ3) is 2.96. The van der Waals surface area contributed by atoms with E-state index in [9.17, 15) is 9.90 Å². The van der Waals surface area contributed by atoms with Gasteiger partial charge in [-0.3, -0.25) is 9.69 Å². The van der Waals surface area contributed by atoms with Crippen LogP contribution in [0.3, 0.4) is 0 Å². The van der Waals surface area contributed by atoms with E-state index in [-0.39, 0.29) is 5.91 Å². The first-order chi connectivity index (χ1) is 9.05. The lowest BCUT2D eigenvalue weighted by atomic mass is 9.89. The zero-order chi connectivity index (χ0) is 13.5. The average molecular weight is 326 g/mol. The maximum atomic E-state index is 11.8. The lowest BCUT2D eigenvalue weighted by molar-refractivity contribution is -0.132. The van der Waals surface area contributed by atoms with Gasteiger partial charge in [0.15, 0.2) is 0 Å². The van der Waals surface area contributed by atoms with Crippen molar-refractivity contribution < 1.29 is 9.90 Å². The topological polar surface area (TPSA) is 65.5 Å². The summed E-state index contributed by atoms with van der Waals surface area (Å²) in [6, 6.07) is 3.58. The Balaban J connectivity index is 1.46. The summed E-state index contributed by atoms with van der Waals surface area (Å²) < 4.78 is 0.878. The minimum atomic E-state index is -0.532. The Bertz CT molecular complexity index is 481. The summed E-state index contributed by atoms with van der Waals surface area (Å²) >= 11 is 3.29. The fraction of sp³-hybridized carbons (Fsp3) is 0.538. The van der Waals surface area contributed by atoms with Crippen LogP contribution in [0, 0.1) is 5.92 Å². The Hall–Kier alpha value is -0.980. The zero-order valence-corrected chi connectivity index (χ0v) is 12.1. The van der Waals surface area contributed by atoms with Crippen molar-refractivity contribution in [2.24, 2.45) is 5.92 Å². The van der Waals surface area contributed by atoms with Crippen LogP contribution in [-0.4, -0.2) is 46.1 Å². The van der Waals surface area contributed by atoms with Gasteiger partial charge in [-0.15, -0.1) is 0 Å². The number of nitrogens with one attached hydrogen (secondary N) is 1. The van der Waals surface area contributed by atoms with Crippen LogP contribution in [0.25, 0.3) is 0 Å². The van der Waals surface area contributed by atoms with Gasteiger partial charge in [0.05, 0.1) is 12.1 Å². The van der Waals surface area contributed by atoms with Crippen molar-refractivity contribution in [2.75, 3.05) is 25.0 Å². The van der Waals surface area contributed by atoms with Crippen molar-refractivity contribution in [3.63, 3.8) is 0 Å². The number of carbonyl (C=O) groups excluding carboxylic acids is 1. The van der Waals surface area contributed by atoms with Gasteiger partial charge >= 0.3 is 0 Å². The lowest BCUT2D eigenvalue weighted by Gasteiger charge is -2.46. The fourth-order valence-electron chi connectivity index (χ4n) is 2.55. The van der Waals surface area contributed by atoms with E-state index < -0.39 is 5.60 Å². The second-order valence-corrected chi connectivity index (χ2v) is 6.35. The smallest absolute Gasteiger partial charge is 0.239 e. The molecule has 1 amide bonds. The number of hydrogen-bond acceptors (Lipinski definition) is 4. The molecule has 1 aliphatic heterocycles. The van der Waals surface area contributed by atoms with E-state index in [1.54, 1.807) is 12.3 Å². The molecule has 1 aromatic rings. The second kappa shape index (κ2) is 4.85. The number of pyridine rings is 1. The van der Waals surface area contributed by atoms with Gasteiger partial charge in [-0.2, -0.15) is 0 Å². The molecule has 0 aromatic carbocycles. The standard InChI is InChI=1S/C13H16BrN3O2/c14-10-3-4-11(15-5-10)16-12(18)6-17-7-13(19,8-17)9-1-2-9/h3-5,9,19H,1-2,6-8H2,(H,15,16,18). The number of rotatable bonds is 4. The molecule has 1 aromatic heterocycles. The van der Waals surface area contributed by atoms with E-state index in [0.717, 1.165) is 17.3 Å². The molecule has 1 saturated heterocycles. The predicted octanol–water partition coefficient (Wildman–Crippen LogP) is 1.24. The SMILES string of the molecule is O=C(CN1CC(O)(C2CC2)C1)Nc1ccc(Br)cn1. The van der Waals surface area contributed by atoms with Crippen molar-refractivity contribution in [3.8, 4) is 0 Å². The van der Waals surface area contributed by atoms with Crippen molar-refractivity contribution in [1.82, 2.24) is 9.88 Å². The molecule has 1 saturated carbocycles. The van der Waals surface area contributed by atoms with Crippen molar-refractivity contribution >= 4 is 27.7 Å². The van der Waals surface area contributed by atoms with E-state index in [1.165, 1.54) is 0 Å². The molecule has 2 heterocycles. The highest BCUT2D eigenvalue weighted by Gasteiger charge is 2.51. The highest BCUT2D eigenvalue weighted by Crippen LogP contribution is 2.44. The minimum Gasteiger partial charge on any atom is -0.387 e. The summed E-state index contributed by atoms with van der Waals surface area (Å²) in [5, 5.41) is 12.9. The third-order valence-corrected chi connectivity index (χ3v) is 4.16. The molecule has 102 valence electrons. The average Bonchev–Trinajstić information content (AvgIpc) is 3.14. The van der Waals surface area contributed by atoms with Gasteiger partial charge in [-0.1, -0.05) is 0 Å². The van der Waals surface area contributed by atoms with Crippen LogP contribution in [0.15, 0.2) is 22.8 Å². The van der Waals surface area contributed by atoms with Crippen LogP contribution in [0.4, 0.5) is 5.82 Å². The molecule has 0 bridgehead atoms. The number of aromatic nitrogens is 1. The molecular formula is C13H16BrN3O2. The normalized spacial score (nSPS) is 21.8. The number of hydrogen-bond donors (Lipinski definition) is 2. The molecule has 6 heteroatoms. The van der Waals surface area contributed by atoms with Crippen molar-refractivity contribution in [2.45, 2.75) is 18.4 Å². The molecule has 0 radical (unpaired) electrons. The number of aliphatic hydroxyl groups is 1. The zero-order valence-electron chi connectivity index (χ0n) is 10.5. The summed E-state index contributed by atoms with van der Waals surface area (Å²) in [6.45, 7) is 1.53. The number of nitrogens with zero attached hydrogens (tertiary/aromatic N) is 2. The lowest BCUT2D eigenvalue weighted by Crippen LogP contribution is -2.64. The predicted molar refractivity (Wildman–Crippen MR) is 74.7 cm³/mol. The first kappa shape index (κ1) is 13.0. The number of β-amino-alcohol motifs (C(OH)–C–C–N with tert-alkyl or cyclic N) is 1. The molecule has 0 spiro atoms. The summed E-state index contributed by atoms with van der Waals surface area (Å²) in [5.74, 6) is 0.916. The molecule has 3 rings (SSSR count). The quantitative estimate of drug-likeness (QED) is 0.874. The molecule has 2 aliphatic rings. The molecule has 1 aliphatic carbocycles. The van der Waals surface area contributed by atoms with E-state index in [1.807, 2.05) is 11.0 Å². The van der Waals surface area contributed by atoms with Gasteiger partial charge in [0.25, 0.3) is 0 Å². The summed E-state index contributed by atoms with van der Waals surface area (Å²) in [6.07, 6.45) is 3.89. The highest BCUT2D eigenvalue weighted by molar-refractivity contribution is 9.10. The second-order valence-electron chi connectivity index (χ2n) is 5.43. The van der Waals surface area contributed by atoms with Crippen LogP contribution in [-0.2, 0) is 4.79 Å². The van der Waals surface area contributed by atoms with Gasteiger partial charge in [0.1, 0.15) is 5.82 Å². The maximum absolute atomic E-state index is 11.8. The summed E-state index contributed by atoms with van der Waals surface area (Å²) in [7, 11) is 0. The highest BCUT2D eigenvalue weighted by atomic mass is 79.9. The Kier molecular flexibility index (Phi) is 3.32. The van der Waals surface area contributed by atoms with Gasteiger partial charge < -0.3 is 10.4 Å². The molecule has 5 nitrogen and oxygen atoms in total. The van der Waals surface area contributed by atoms with Crippen molar-refractivity contribution in [3.05, 3.63) is 22.8 Å². The van der Waals surface area contributed by atoms with Gasteiger partial charge in [0, 0.05) is 23.8 Å². The molecule has 19 heavy (non-hydrogen) atoms. The number of anilines is 1. The molecule has 2 fully saturated rings. The van der Waals surface area contributed by atoms with Crippen LogP contribution in [0.2, 0.25) is 0 Å². The largest absolute Gasteiger partial charge is 0.387 e. The van der Waals surface area contributed by atoms with Crippen LogP contribution in [0.5, 0.6) is 0 Å². The minimum absolute atomic E-state index is 0.0901. The Morgan fingerprint density at radius 1 is 1.53 bits per heavy atom. The van der Waals surface area contributed by atoms with E-state index >= 15 is 0 Å². The van der Waals surface area contributed by atoms with E-state index in [4.69, 9.17) is 0 Å². The van der Waals surface area contributed by atoms with E-state index in [2.05, 4.69) is 26.2 Å². The van der Waals surface area contributed by atoms with E-state index in [0.29, 0.717) is 31.4 Å². The Labute approximate surface area is 120 Å². The van der Waals surface area contributed by atoms with Crippen LogP contribution in [0.1, 0.15) is 12.8 Å². The first-order valence-electron chi connectivity index (χ1n) is 6.41. The summed E-state index contributed by atoms with van der Waals surface area (Å²) in [4.78, 5) is 17.9. The third-order valence-electron chi connectivity index (χ3n) is 3.69. The molecular weight excluding hydrogens is 310 g/mol. The Morgan fingerprint density at radius 3 is 2.84 bits per heavy atom. The van der Waals surface area contributed by atoms with Gasteiger partial charge in [0.2, 0.25) is 5.91 Å². The molecule has 0 unspecified atom stereocenters. The van der Waals surface area contributed by atoms with Gasteiger partial charge in [-0.25, -0.2) is 4.98 Å².